The number of nitrogens with one attached hydrogen (secondary N) is 2. The average molecular weight is 408 g/mol. The van der Waals surface area contributed by atoms with Gasteiger partial charge in [0.1, 0.15) is 11.9 Å². The average Bonchev–Trinajstić information content (AvgIpc) is 3.53. The van der Waals surface area contributed by atoms with Gasteiger partial charge in [-0.25, -0.2) is 9.37 Å². The van der Waals surface area contributed by atoms with Gasteiger partial charge in [0.25, 0.3) is 5.91 Å². The van der Waals surface area contributed by atoms with Gasteiger partial charge in [0.05, 0.1) is 11.1 Å². The Morgan fingerprint density at radius 1 is 1.17 bits per heavy atom. The molecule has 2 heterocycles. The van der Waals surface area contributed by atoms with Gasteiger partial charge in [-0.1, -0.05) is 18.9 Å². The van der Waals surface area contributed by atoms with Crippen molar-refractivity contribution in [3.05, 3.63) is 54.0 Å². The normalized spacial score (nSPS) is 14.3. The third kappa shape index (κ3) is 4.29. The highest BCUT2D eigenvalue weighted by Gasteiger charge is 2.29. The molecule has 0 aliphatic heterocycles. The summed E-state index contributed by atoms with van der Waals surface area (Å²) < 4.78 is 14.6. The molecule has 1 aliphatic rings. The minimum absolute atomic E-state index is 0.0734. The van der Waals surface area contributed by atoms with Crippen molar-refractivity contribution in [2.24, 2.45) is 17.4 Å². The van der Waals surface area contributed by atoms with Gasteiger partial charge in [-0.2, -0.15) is 0 Å². The lowest BCUT2D eigenvalue weighted by molar-refractivity contribution is -0.118. The van der Waals surface area contributed by atoms with Crippen LogP contribution in [0.4, 0.5) is 21.7 Å². The number of benzene rings is 1. The smallest absolute Gasteiger partial charge is 0.252 e. The van der Waals surface area contributed by atoms with Crippen LogP contribution in [-0.2, 0) is 4.79 Å². The van der Waals surface area contributed by atoms with Crippen LogP contribution in [-0.4, -0.2) is 27.8 Å². The number of anilines is 3. The van der Waals surface area contributed by atoms with E-state index >= 15 is 0 Å². The minimum Gasteiger partial charge on any atom is -0.368 e. The monoisotopic (exact) mass is 408 g/mol. The molecule has 30 heavy (non-hydrogen) atoms. The number of halogens is 1. The predicted octanol–water partition coefficient (Wildman–Crippen LogP) is 2.68. The van der Waals surface area contributed by atoms with Crippen molar-refractivity contribution in [3.63, 3.8) is 0 Å². The number of amides is 2. The molecule has 1 fully saturated rings. The number of nitrogens with two attached hydrogens (primary N) is 2. The summed E-state index contributed by atoms with van der Waals surface area (Å²) in [4.78, 5) is 32.1. The van der Waals surface area contributed by atoms with Crippen LogP contribution in [0.2, 0.25) is 0 Å². The Labute approximate surface area is 171 Å². The molecule has 1 aliphatic carbocycles. The number of pyridine rings is 2. The van der Waals surface area contributed by atoms with Crippen LogP contribution < -0.4 is 22.1 Å². The molecule has 0 spiro atoms. The Balaban J connectivity index is 1.66. The quantitative estimate of drug-likeness (QED) is 0.452. The van der Waals surface area contributed by atoms with Crippen molar-refractivity contribution in [3.8, 4) is 0 Å². The molecular formula is C21H21FN6O2. The van der Waals surface area contributed by atoms with Crippen LogP contribution in [0.15, 0.2) is 42.6 Å². The molecule has 2 amide bonds. The first kappa shape index (κ1) is 19.6. The fourth-order valence-corrected chi connectivity index (χ4v) is 3.26. The van der Waals surface area contributed by atoms with Crippen molar-refractivity contribution in [1.29, 1.82) is 0 Å². The van der Waals surface area contributed by atoms with Gasteiger partial charge in [-0.3, -0.25) is 14.6 Å². The van der Waals surface area contributed by atoms with E-state index in [1.54, 1.807) is 12.3 Å². The maximum absolute atomic E-state index is 14.6. The summed E-state index contributed by atoms with van der Waals surface area (Å²) in [7, 11) is 0. The molecule has 0 radical (unpaired) electrons. The number of primary amides is 2. The first-order valence-electron chi connectivity index (χ1n) is 9.58. The van der Waals surface area contributed by atoms with E-state index in [4.69, 9.17) is 11.5 Å². The van der Waals surface area contributed by atoms with E-state index in [9.17, 15) is 14.0 Å². The zero-order valence-electron chi connectivity index (χ0n) is 16.1. The summed E-state index contributed by atoms with van der Waals surface area (Å²) in [6, 6.07) is 9.34. The predicted molar refractivity (Wildman–Crippen MR) is 112 cm³/mol. The number of hydrogen-bond donors (Lipinski definition) is 4. The fourth-order valence-electron chi connectivity index (χ4n) is 3.26. The molecule has 1 saturated carbocycles. The van der Waals surface area contributed by atoms with Gasteiger partial charge in [0.15, 0.2) is 11.6 Å². The molecule has 3 aromatic rings. The number of fused-ring (bicyclic) bond motifs is 1. The summed E-state index contributed by atoms with van der Waals surface area (Å²) in [5, 5.41) is 6.66. The third-order valence-corrected chi connectivity index (χ3v) is 5.03. The standard InChI is InChI=1S/C21H21FN6O2/c22-15-10-14(18(23)29)20(26-13-5-6-16-12(9-13)2-1-7-25-16)28-21(15)27-17(19(24)30)8-11-3-4-11/h1-2,5-7,9-11,17H,3-4,8H2,(H2,23,29)(H2,24,30)(H2,26,27,28)/t17-/m1/s1. The molecular weight excluding hydrogens is 387 g/mol. The molecule has 4 rings (SSSR count). The van der Waals surface area contributed by atoms with Gasteiger partial charge in [0.2, 0.25) is 5.91 Å². The molecule has 1 aromatic carbocycles. The Hall–Kier alpha value is -3.75. The molecule has 1 atom stereocenters. The number of carbonyl (C=O) groups is 2. The van der Waals surface area contributed by atoms with Crippen LogP contribution in [0.25, 0.3) is 10.9 Å². The molecule has 154 valence electrons. The molecule has 9 heteroatoms. The zero-order valence-corrected chi connectivity index (χ0v) is 16.1. The van der Waals surface area contributed by atoms with E-state index in [0.29, 0.717) is 18.0 Å². The van der Waals surface area contributed by atoms with Crippen LogP contribution in [0, 0.1) is 11.7 Å². The Morgan fingerprint density at radius 3 is 2.67 bits per heavy atom. The summed E-state index contributed by atoms with van der Waals surface area (Å²) in [6.45, 7) is 0. The first-order chi connectivity index (χ1) is 14.4. The van der Waals surface area contributed by atoms with Gasteiger partial charge in [-0.05, 0) is 42.7 Å². The number of rotatable bonds is 8. The highest BCUT2D eigenvalue weighted by molar-refractivity contribution is 5.99. The minimum atomic E-state index is -0.831. The fraction of sp³-hybridized carbons (Fsp3) is 0.238. The molecule has 8 nitrogen and oxygen atoms in total. The van der Waals surface area contributed by atoms with Crippen molar-refractivity contribution in [1.82, 2.24) is 9.97 Å². The summed E-state index contributed by atoms with van der Waals surface area (Å²) in [6.07, 6.45) is 4.24. The van der Waals surface area contributed by atoms with Crippen molar-refractivity contribution in [2.75, 3.05) is 10.6 Å². The second-order valence-corrected chi connectivity index (χ2v) is 7.39. The van der Waals surface area contributed by atoms with Gasteiger partial charge in [-0.15, -0.1) is 0 Å². The van der Waals surface area contributed by atoms with E-state index in [1.165, 1.54) is 0 Å². The van der Waals surface area contributed by atoms with E-state index in [-0.39, 0.29) is 17.2 Å². The van der Waals surface area contributed by atoms with E-state index in [2.05, 4.69) is 20.6 Å². The first-order valence-corrected chi connectivity index (χ1v) is 9.58. The van der Waals surface area contributed by atoms with Gasteiger partial charge >= 0.3 is 0 Å². The number of aromatic nitrogens is 2. The largest absolute Gasteiger partial charge is 0.368 e. The van der Waals surface area contributed by atoms with Crippen LogP contribution >= 0.6 is 0 Å². The van der Waals surface area contributed by atoms with Crippen LogP contribution in [0.5, 0.6) is 0 Å². The van der Waals surface area contributed by atoms with E-state index in [0.717, 1.165) is 29.8 Å². The van der Waals surface area contributed by atoms with E-state index in [1.807, 2.05) is 24.3 Å². The molecule has 2 aromatic heterocycles. The Kier molecular flexibility index (Phi) is 5.18. The molecule has 0 bridgehead atoms. The number of carbonyl (C=O) groups excluding carboxylic acids is 2. The lowest BCUT2D eigenvalue weighted by Crippen LogP contribution is -2.36. The Morgan fingerprint density at radius 2 is 1.97 bits per heavy atom. The topological polar surface area (TPSA) is 136 Å². The molecule has 0 saturated heterocycles. The molecule has 0 unspecified atom stereocenters. The van der Waals surface area contributed by atoms with E-state index < -0.39 is 23.7 Å². The van der Waals surface area contributed by atoms with Crippen molar-refractivity contribution in [2.45, 2.75) is 25.3 Å². The van der Waals surface area contributed by atoms with Gasteiger partial charge < -0.3 is 22.1 Å². The maximum atomic E-state index is 14.6. The van der Waals surface area contributed by atoms with Crippen molar-refractivity contribution < 1.29 is 14.0 Å². The zero-order chi connectivity index (χ0) is 21.3. The summed E-state index contributed by atoms with van der Waals surface area (Å²) in [5.74, 6) is -1.91. The highest BCUT2D eigenvalue weighted by atomic mass is 19.1. The van der Waals surface area contributed by atoms with Crippen molar-refractivity contribution >= 4 is 40.0 Å². The molecule has 6 N–H and O–H groups in total. The van der Waals surface area contributed by atoms with Crippen LogP contribution in [0.1, 0.15) is 29.6 Å². The maximum Gasteiger partial charge on any atom is 0.252 e. The second kappa shape index (κ2) is 7.94. The number of hydrogen-bond acceptors (Lipinski definition) is 6. The Bertz CT molecular complexity index is 1130. The second-order valence-electron chi connectivity index (χ2n) is 7.39. The third-order valence-electron chi connectivity index (χ3n) is 5.03. The lowest BCUT2D eigenvalue weighted by atomic mass is 10.1. The SMILES string of the molecule is NC(=O)c1cc(F)c(N[C@H](CC2CC2)C(N)=O)nc1Nc1ccc2ncccc2c1. The van der Waals surface area contributed by atoms with Gasteiger partial charge in [0, 0.05) is 17.3 Å². The van der Waals surface area contributed by atoms with Crippen LogP contribution in [0.3, 0.4) is 0 Å². The lowest BCUT2D eigenvalue weighted by Gasteiger charge is -2.18. The summed E-state index contributed by atoms with van der Waals surface area (Å²) >= 11 is 0. The highest BCUT2D eigenvalue weighted by Crippen LogP contribution is 2.34. The number of nitrogens with zero attached hydrogens (tertiary/aromatic N) is 2. The summed E-state index contributed by atoms with van der Waals surface area (Å²) in [5.41, 5.74) is 12.2.